The summed E-state index contributed by atoms with van der Waals surface area (Å²) in [6.07, 6.45) is 0. The monoisotopic (exact) mass is 346 g/mol. The van der Waals surface area contributed by atoms with E-state index in [1.807, 2.05) is 25.1 Å². The largest absolute Gasteiger partial charge is 0.496 e. The molecule has 0 aromatic heterocycles. The molecule has 6 heteroatoms. The molecular formula is C18H19ClN2O3. The van der Waals surface area contributed by atoms with Crippen molar-refractivity contribution in [2.24, 2.45) is 5.10 Å². The highest BCUT2D eigenvalue weighted by molar-refractivity contribution is 6.30. The highest BCUT2D eigenvalue weighted by Gasteiger charge is 2.08. The molecule has 1 N–H and O–H groups in total. The van der Waals surface area contributed by atoms with Crippen molar-refractivity contribution in [3.05, 3.63) is 64.2 Å². The Morgan fingerprint density at radius 3 is 2.42 bits per heavy atom. The van der Waals surface area contributed by atoms with Gasteiger partial charge in [-0.3, -0.25) is 4.79 Å². The number of amides is 1. The standard InChI is InChI=1S/C18H19ClN2O3/c1-12(14-6-9-17(24-3)15(10-14)11-23-2)20-21-18(22)13-4-7-16(19)8-5-13/h4-10H,11H2,1-3H3,(H,21,22)/b20-12-. The Labute approximate surface area is 146 Å². The van der Waals surface area contributed by atoms with E-state index in [-0.39, 0.29) is 5.91 Å². The maximum absolute atomic E-state index is 12.1. The van der Waals surface area contributed by atoms with Crippen LogP contribution in [0.25, 0.3) is 0 Å². The van der Waals surface area contributed by atoms with E-state index < -0.39 is 0 Å². The quantitative estimate of drug-likeness (QED) is 0.641. The minimum absolute atomic E-state index is 0.295. The molecule has 0 saturated heterocycles. The van der Waals surface area contributed by atoms with Gasteiger partial charge in [-0.2, -0.15) is 5.10 Å². The molecule has 0 aliphatic carbocycles. The van der Waals surface area contributed by atoms with E-state index in [4.69, 9.17) is 21.1 Å². The Morgan fingerprint density at radius 1 is 1.12 bits per heavy atom. The van der Waals surface area contributed by atoms with Gasteiger partial charge in [-0.15, -0.1) is 0 Å². The van der Waals surface area contributed by atoms with Gasteiger partial charge in [0, 0.05) is 23.3 Å². The fourth-order valence-corrected chi connectivity index (χ4v) is 2.26. The summed E-state index contributed by atoms with van der Waals surface area (Å²) < 4.78 is 10.5. The molecule has 0 radical (unpaired) electrons. The van der Waals surface area contributed by atoms with Crippen LogP contribution in [0.2, 0.25) is 5.02 Å². The first-order chi connectivity index (χ1) is 11.5. The Morgan fingerprint density at radius 2 is 1.79 bits per heavy atom. The van der Waals surface area contributed by atoms with Gasteiger partial charge in [-0.05, 0) is 55.0 Å². The molecule has 0 aliphatic rings. The van der Waals surface area contributed by atoms with Crippen LogP contribution in [-0.4, -0.2) is 25.8 Å². The molecule has 126 valence electrons. The summed E-state index contributed by atoms with van der Waals surface area (Å²) in [4.78, 5) is 12.1. The van der Waals surface area contributed by atoms with E-state index in [2.05, 4.69) is 10.5 Å². The van der Waals surface area contributed by atoms with Gasteiger partial charge in [0.05, 0.1) is 19.4 Å². The second-order valence-corrected chi connectivity index (χ2v) is 5.54. The van der Waals surface area contributed by atoms with E-state index in [1.165, 1.54) is 0 Å². The van der Waals surface area contributed by atoms with Crippen LogP contribution in [0.15, 0.2) is 47.6 Å². The average Bonchev–Trinajstić information content (AvgIpc) is 2.60. The van der Waals surface area contributed by atoms with Gasteiger partial charge in [-0.1, -0.05) is 11.6 Å². The number of rotatable bonds is 6. The van der Waals surface area contributed by atoms with Crippen LogP contribution in [0.4, 0.5) is 0 Å². The molecule has 0 fully saturated rings. The number of hydrazone groups is 1. The zero-order valence-electron chi connectivity index (χ0n) is 13.8. The predicted molar refractivity (Wildman–Crippen MR) is 94.8 cm³/mol. The van der Waals surface area contributed by atoms with Crippen molar-refractivity contribution in [2.75, 3.05) is 14.2 Å². The van der Waals surface area contributed by atoms with E-state index in [1.54, 1.807) is 38.5 Å². The Kier molecular flexibility index (Phi) is 6.35. The second-order valence-electron chi connectivity index (χ2n) is 5.10. The van der Waals surface area contributed by atoms with Crippen molar-refractivity contribution in [1.29, 1.82) is 0 Å². The summed E-state index contributed by atoms with van der Waals surface area (Å²) in [5, 5.41) is 4.73. The second kappa shape index (κ2) is 8.47. The van der Waals surface area contributed by atoms with E-state index in [0.717, 1.165) is 16.9 Å². The van der Waals surface area contributed by atoms with Crippen LogP contribution >= 0.6 is 11.6 Å². The maximum Gasteiger partial charge on any atom is 0.271 e. The number of benzene rings is 2. The number of carbonyl (C=O) groups is 1. The number of nitrogens with zero attached hydrogens (tertiary/aromatic N) is 1. The first kappa shape index (κ1) is 18.0. The van der Waals surface area contributed by atoms with Crippen molar-refractivity contribution in [1.82, 2.24) is 5.43 Å². The molecule has 0 heterocycles. The smallest absolute Gasteiger partial charge is 0.271 e. The third kappa shape index (κ3) is 4.57. The Bertz CT molecular complexity index is 742. The maximum atomic E-state index is 12.1. The fourth-order valence-electron chi connectivity index (χ4n) is 2.14. The molecule has 24 heavy (non-hydrogen) atoms. The normalized spacial score (nSPS) is 11.2. The Balaban J connectivity index is 2.14. The number of hydrogen-bond acceptors (Lipinski definition) is 4. The molecule has 0 bridgehead atoms. The fraction of sp³-hybridized carbons (Fsp3) is 0.222. The summed E-state index contributed by atoms with van der Waals surface area (Å²) in [5.74, 6) is 0.454. The number of hydrogen-bond donors (Lipinski definition) is 1. The van der Waals surface area contributed by atoms with Gasteiger partial charge < -0.3 is 9.47 Å². The van der Waals surface area contributed by atoms with Crippen LogP contribution in [-0.2, 0) is 11.3 Å². The van der Waals surface area contributed by atoms with Crippen LogP contribution < -0.4 is 10.2 Å². The minimum Gasteiger partial charge on any atom is -0.496 e. The molecule has 2 aromatic carbocycles. The van der Waals surface area contributed by atoms with Gasteiger partial charge in [-0.25, -0.2) is 5.43 Å². The zero-order chi connectivity index (χ0) is 17.5. The zero-order valence-corrected chi connectivity index (χ0v) is 14.6. The number of nitrogens with one attached hydrogen (secondary N) is 1. The van der Waals surface area contributed by atoms with Gasteiger partial charge >= 0.3 is 0 Å². The third-order valence-electron chi connectivity index (χ3n) is 3.43. The summed E-state index contributed by atoms with van der Waals surface area (Å²) in [6, 6.07) is 12.3. The van der Waals surface area contributed by atoms with Gasteiger partial charge in [0.2, 0.25) is 0 Å². The summed E-state index contributed by atoms with van der Waals surface area (Å²) in [6.45, 7) is 2.25. The number of halogens is 1. The van der Waals surface area contributed by atoms with Gasteiger partial charge in [0.25, 0.3) is 5.91 Å². The predicted octanol–water partition coefficient (Wildman–Crippen LogP) is 3.65. The molecule has 0 aliphatic heterocycles. The summed E-state index contributed by atoms with van der Waals surface area (Å²) in [5.41, 5.74) is 5.50. The molecule has 1 amide bonds. The van der Waals surface area contributed by atoms with Crippen LogP contribution in [0.5, 0.6) is 5.75 Å². The van der Waals surface area contributed by atoms with Crippen molar-refractivity contribution in [3.8, 4) is 5.75 Å². The first-order valence-electron chi connectivity index (χ1n) is 7.31. The third-order valence-corrected chi connectivity index (χ3v) is 3.68. The minimum atomic E-state index is -0.295. The highest BCUT2D eigenvalue weighted by Crippen LogP contribution is 2.21. The van der Waals surface area contributed by atoms with Crippen LogP contribution in [0.3, 0.4) is 0 Å². The molecule has 0 saturated carbocycles. The SMILES string of the molecule is COCc1cc(/C(C)=N\NC(=O)c2ccc(Cl)cc2)ccc1OC. The topological polar surface area (TPSA) is 59.9 Å². The number of methoxy groups -OCH3 is 2. The molecule has 0 unspecified atom stereocenters. The molecule has 0 atom stereocenters. The molecule has 0 spiro atoms. The van der Waals surface area contributed by atoms with Crippen molar-refractivity contribution >= 4 is 23.2 Å². The number of carbonyl (C=O) groups excluding carboxylic acids is 1. The van der Waals surface area contributed by atoms with Crippen molar-refractivity contribution in [3.63, 3.8) is 0 Å². The number of ether oxygens (including phenoxy) is 2. The molecule has 2 rings (SSSR count). The summed E-state index contributed by atoms with van der Waals surface area (Å²) >= 11 is 5.81. The van der Waals surface area contributed by atoms with Crippen LogP contribution in [0.1, 0.15) is 28.4 Å². The van der Waals surface area contributed by atoms with E-state index in [0.29, 0.717) is 22.9 Å². The van der Waals surface area contributed by atoms with Crippen molar-refractivity contribution in [2.45, 2.75) is 13.5 Å². The molecular weight excluding hydrogens is 328 g/mol. The first-order valence-corrected chi connectivity index (χ1v) is 7.69. The van der Waals surface area contributed by atoms with E-state index >= 15 is 0 Å². The highest BCUT2D eigenvalue weighted by atomic mass is 35.5. The van der Waals surface area contributed by atoms with Crippen LogP contribution in [0, 0.1) is 0 Å². The average molecular weight is 347 g/mol. The molecule has 2 aromatic rings. The molecule has 5 nitrogen and oxygen atoms in total. The van der Waals surface area contributed by atoms with Crippen molar-refractivity contribution < 1.29 is 14.3 Å². The van der Waals surface area contributed by atoms with Gasteiger partial charge in [0.1, 0.15) is 5.75 Å². The Hall–Kier alpha value is -2.37. The lowest BCUT2D eigenvalue weighted by Gasteiger charge is -2.10. The lowest BCUT2D eigenvalue weighted by molar-refractivity contribution is 0.0955. The summed E-state index contributed by atoms with van der Waals surface area (Å²) in [7, 11) is 3.24. The van der Waals surface area contributed by atoms with E-state index in [9.17, 15) is 4.79 Å². The van der Waals surface area contributed by atoms with Gasteiger partial charge in [0.15, 0.2) is 0 Å². The lowest BCUT2D eigenvalue weighted by atomic mass is 10.1. The lowest BCUT2D eigenvalue weighted by Crippen LogP contribution is -2.19.